The van der Waals surface area contributed by atoms with Crippen molar-refractivity contribution in [1.29, 1.82) is 0 Å². The summed E-state index contributed by atoms with van der Waals surface area (Å²) in [6.45, 7) is -0.150. The number of hydrogen-bond donors (Lipinski definition) is 1. The van der Waals surface area contributed by atoms with Gasteiger partial charge in [0.1, 0.15) is 10.6 Å². The van der Waals surface area contributed by atoms with Gasteiger partial charge in [0.05, 0.1) is 17.1 Å². The van der Waals surface area contributed by atoms with Gasteiger partial charge < -0.3 is 9.84 Å². The second-order valence-corrected chi connectivity index (χ2v) is 10.1. The number of rotatable bonds is 3. The summed E-state index contributed by atoms with van der Waals surface area (Å²) in [5.41, 5.74) is -0.241. The van der Waals surface area contributed by atoms with Gasteiger partial charge in [-0.3, -0.25) is 0 Å². The highest BCUT2D eigenvalue weighted by Crippen LogP contribution is 2.57. The maximum absolute atomic E-state index is 15.0. The van der Waals surface area contributed by atoms with E-state index in [1.165, 1.54) is 24.3 Å². The Balaban J connectivity index is 1.99. The van der Waals surface area contributed by atoms with Crippen LogP contribution in [0.4, 0.5) is 8.78 Å². The fraction of sp³-hybridized carbons (Fsp3) is 0.400. The van der Waals surface area contributed by atoms with Gasteiger partial charge in [-0.25, -0.2) is 17.2 Å². The quantitative estimate of drug-likeness (QED) is 0.799. The Morgan fingerprint density at radius 2 is 1.82 bits per heavy atom. The van der Waals surface area contributed by atoms with E-state index in [1.54, 1.807) is 0 Å². The number of hydrogen-bond acceptors (Lipinski definition) is 4. The van der Waals surface area contributed by atoms with Crippen molar-refractivity contribution in [2.75, 3.05) is 13.2 Å². The molecule has 0 aromatic heterocycles. The summed E-state index contributed by atoms with van der Waals surface area (Å²) >= 11 is 5.90. The molecule has 1 unspecified atom stereocenters. The molecule has 1 aliphatic heterocycles. The van der Waals surface area contributed by atoms with Gasteiger partial charge in [-0.05, 0) is 61.6 Å². The first-order valence-corrected chi connectivity index (χ1v) is 10.9. The third-order valence-corrected chi connectivity index (χ3v) is 8.82. The predicted octanol–water partition coefficient (Wildman–Crippen LogP) is 4.09. The molecule has 0 radical (unpaired) electrons. The first-order valence-electron chi connectivity index (χ1n) is 9.03. The van der Waals surface area contributed by atoms with E-state index in [4.69, 9.17) is 16.3 Å². The van der Waals surface area contributed by atoms with Crippen molar-refractivity contribution in [3.8, 4) is 5.75 Å². The molecular weight excluding hydrogens is 410 g/mol. The average Bonchev–Trinajstić information content (AvgIpc) is 2.69. The monoisotopic (exact) mass is 428 g/mol. The number of halogens is 3. The van der Waals surface area contributed by atoms with E-state index < -0.39 is 32.1 Å². The van der Waals surface area contributed by atoms with E-state index in [9.17, 15) is 22.3 Å². The molecule has 2 aromatic rings. The Labute approximate surface area is 167 Å². The topological polar surface area (TPSA) is 63.6 Å². The normalized spacial score (nSPS) is 26.9. The van der Waals surface area contributed by atoms with Gasteiger partial charge in [0.25, 0.3) is 0 Å². The lowest BCUT2D eigenvalue weighted by molar-refractivity contribution is 0.0744. The van der Waals surface area contributed by atoms with Crippen LogP contribution < -0.4 is 4.74 Å². The molecule has 1 aliphatic carbocycles. The van der Waals surface area contributed by atoms with Crippen LogP contribution in [0.2, 0.25) is 5.02 Å². The summed E-state index contributed by atoms with van der Waals surface area (Å²) in [5.74, 6) is -2.65. The van der Waals surface area contributed by atoms with Gasteiger partial charge in [-0.1, -0.05) is 11.6 Å². The summed E-state index contributed by atoms with van der Waals surface area (Å²) in [6.07, 6.45) is 0.804. The van der Waals surface area contributed by atoms with Crippen molar-refractivity contribution >= 4 is 21.4 Å². The Bertz CT molecular complexity index is 1010. The zero-order chi connectivity index (χ0) is 20.1. The van der Waals surface area contributed by atoms with Gasteiger partial charge in [0.2, 0.25) is 0 Å². The van der Waals surface area contributed by atoms with Gasteiger partial charge in [0.15, 0.2) is 21.4 Å². The van der Waals surface area contributed by atoms with Crippen LogP contribution in [0.25, 0.3) is 0 Å². The van der Waals surface area contributed by atoms with Gasteiger partial charge in [0, 0.05) is 17.5 Å². The van der Waals surface area contributed by atoms with E-state index in [2.05, 4.69) is 0 Å². The SMILES string of the molecule is O=S(=O)(c1ccc(Cl)cc1)[C@]12CCC(CO)C[C@H]1COc1c(F)ccc(F)c12. The van der Waals surface area contributed by atoms with Crippen molar-refractivity contribution in [2.45, 2.75) is 28.9 Å². The lowest BCUT2D eigenvalue weighted by Crippen LogP contribution is -2.52. The molecule has 28 heavy (non-hydrogen) atoms. The maximum Gasteiger partial charge on any atom is 0.188 e. The number of benzene rings is 2. The minimum Gasteiger partial charge on any atom is -0.490 e. The fourth-order valence-electron chi connectivity index (χ4n) is 4.60. The maximum atomic E-state index is 15.0. The lowest BCUT2D eigenvalue weighted by atomic mass is 9.69. The molecule has 4 nitrogen and oxygen atoms in total. The second-order valence-electron chi connectivity index (χ2n) is 7.41. The van der Waals surface area contributed by atoms with Crippen LogP contribution in [-0.4, -0.2) is 26.7 Å². The number of fused-ring (bicyclic) bond motifs is 3. The van der Waals surface area contributed by atoms with Gasteiger partial charge in [-0.2, -0.15) is 0 Å². The van der Waals surface area contributed by atoms with Crippen molar-refractivity contribution < 1.29 is 27.0 Å². The molecule has 1 fully saturated rings. The zero-order valence-electron chi connectivity index (χ0n) is 14.9. The number of ether oxygens (including phenoxy) is 1. The van der Waals surface area contributed by atoms with Crippen LogP contribution in [0.1, 0.15) is 24.8 Å². The zero-order valence-corrected chi connectivity index (χ0v) is 16.4. The molecule has 0 saturated heterocycles. The largest absolute Gasteiger partial charge is 0.490 e. The van der Waals surface area contributed by atoms with Crippen molar-refractivity contribution in [3.63, 3.8) is 0 Å². The highest BCUT2D eigenvalue weighted by molar-refractivity contribution is 7.92. The molecule has 1 N–H and O–H groups in total. The summed E-state index contributed by atoms with van der Waals surface area (Å²) in [5, 5.41) is 9.95. The highest BCUT2D eigenvalue weighted by atomic mass is 35.5. The van der Waals surface area contributed by atoms with Crippen LogP contribution in [0.15, 0.2) is 41.3 Å². The standard InChI is InChI=1S/C20H19ClF2O4S/c21-14-1-3-15(4-2-14)28(25,26)20-8-7-12(10-24)9-13(20)11-27-19-17(23)6-5-16(22)18(19)20/h1-6,12-13,24H,7-11H2/t12?,13-,20+/m0/s1. The summed E-state index contributed by atoms with van der Waals surface area (Å²) in [7, 11) is -4.11. The van der Waals surface area contributed by atoms with E-state index in [0.717, 1.165) is 12.1 Å². The summed E-state index contributed by atoms with van der Waals surface area (Å²) in [6, 6.07) is 7.57. The van der Waals surface area contributed by atoms with Crippen molar-refractivity contribution in [2.24, 2.45) is 11.8 Å². The molecule has 1 heterocycles. The van der Waals surface area contributed by atoms with Crippen LogP contribution >= 0.6 is 11.6 Å². The van der Waals surface area contributed by atoms with E-state index in [1.807, 2.05) is 0 Å². The van der Waals surface area contributed by atoms with Crippen LogP contribution in [0, 0.1) is 23.5 Å². The number of aliphatic hydroxyl groups is 1. The Hall–Kier alpha value is -1.70. The molecule has 150 valence electrons. The molecule has 4 rings (SSSR count). The predicted molar refractivity (Wildman–Crippen MR) is 100 cm³/mol. The molecule has 0 spiro atoms. The molecular formula is C20H19ClF2O4S. The minimum atomic E-state index is -4.11. The Morgan fingerprint density at radius 3 is 2.50 bits per heavy atom. The molecule has 8 heteroatoms. The minimum absolute atomic E-state index is 0.000796. The molecule has 2 aliphatic rings. The number of sulfone groups is 1. The number of aliphatic hydroxyl groups excluding tert-OH is 1. The fourth-order valence-corrected chi connectivity index (χ4v) is 7.09. The van der Waals surface area contributed by atoms with Crippen LogP contribution in [-0.2, 0) is 14.6 Å². The molecule has 0 amide bonds. The summed E-state index contributed by atoms with van der Waals surface area (Å²) < 4.78 is 60.9. The highest BCUT2D eigenvalue weighted by Gasteiger charge is 2.59. The lowest BCUT2D eigenvalue weighted by Gasteiger charge is -2.48. The average molecular weight is 429 g/mol. The smallest absolute Gasteiger partial charge is 0.188 e. The van der Waals surface area contributed by atoms with Crippen molar-refractivity contribution in [3.05, 3.63) is 58.6 Å². The van der Waals surface area contributed by atoms with Crippen LogP contribution in [0.5, 0.6) is 5.75 Å². The van der Waals surface area contributed by atoms with E-state index >= 15 is 0 Å². The van der Waals surface area contributed by atoms with Crippen LogP contribution in [0.3, 0.4) is 0 Å². The first kappa shape index (κ1) is 19.6. The van der Waals surface area contributed by atoms with Crippen molar-refractivity contribution in [1.82, 2.24) is 0 Å². The second kappa shape index (κ2) is 6.97. The third-order valence-electron chi connectivity index (χ3n) is 5.97. The molecule has 2 aromatic carbocycles. The molecule has 1 saturated carbocycles. The first-order chi connectivity index (χ1) is 13.3. The van der Waals surface area contributed by atoms with E-state index in [0.29, 0.717) is 17.9 Å². The van der Waals surface area contributed by atoms with Gasteiger partial charge in [-0.15, -0.1) is 0 Å². The Kier molecular flexibility index (Phi) is 4.88. The van der Waals surface area contributed by atoms with Gasteiger partial charge >= 0.3 is 0 Å². The van der Waals surface area contributed by atoms with E-state index in [-0.39, 0.29) is 41.8 Å². The summed E-state index contributed by atoms with van der Waals surface area (Å²) in [4.78, 5) is 0.000796. The molecule has 3 atom stereocenters. The third kappa shape index (κ3) is 2.75. The Morgan fingerprint density at radius 1 is 1.14 bits per heavy atom. The molecule has 0 bridgehead atoms.